The molecule has 1 aliphatic rings. The van der Waals surface area contributed by atoms with E-state index >= 15 is 0 Å². The Kier molecular flexibility index (Phi) is 3.78. The van der Waals surface area contributed by atoms with Gasteiger partial charge in [0, 0.05) is 23.7 Å². The van der Waals surface area contributed by atoms with E-state index in [9.17, 15) is 0 Å². The molecule has 0 aromatic heterocycles. The molecule has 1 aromatic carbocycles. The maximum absolute atomic E-state index is 6.28. The van der Waals surface area contributed by atoms with Gasteiger partial charge in [0.2, 0.25) is 0 Å². The van der Waals surface area contributed by atoms with Gasteiger partial charge in [0.15, 0.2) is 0 Å². The molecule has 1 heterocycles. The zero-order valence-corrected chi connectivity index (χ0v) is 10.2. The van der Waals surface area contributed by atoms with Gasteiger partial charge in [-0.1, -0.05) is 34.1 Å². The highest BCUT2D eigenvalue weighted by Crippen LogP contribution is 2.31. The zero-order valence-electron chi connectivity index (χ0n) is 8.66. The number of hydrogen-bond donors (Lipinski definition) is 1. The Morgan fingerprint density at radius 1 is 1.27 bits per heavy atom. The Labute approximate surface area is 98.9 Å². The average molecular weight is 270 g/mol. The molecule has 1 unspecified atom stereocenters. The quantitative estimate of drug-likeness (QED) is 0.896. The third-order valence-corrected chi connectivity index (χ3v) is 3.76. The minimum absolute atomic E-state index is 0.129. The summed E-state index contributed by atoms with van der Waals surface area (Å²) >= 11 is 3.55. The predicted octanol–water partition coefficient (Wildman–Crippen LogP) is 2.88. The van der Waals surface area contributed by atoms with Crippen LogP contribution in [0, 0.1) is 5.92 Å². The number of nitrogens with two attached hydrogens (primary N) is 1. The van der Waals surface area contributed by atoms with Gasteiger partial charge >= 0.3 is 0 Å². The maximum atomic E-state index is 6.28. The second-order valence-electron chi connectivity index (χ2n) is 4.00. The third kappa shape index (κ3) is 2.60. The molecular formula is C12H16BrNO. The molecule has 0 bridgehead atoms. The first kappa shape index (κ1) is 11.1. The van der Waals surface area contributed by atoms with Crippen LogP contribution in [0.4, 0.5) is 0 Å². The van der Waals surface area contributed by atoms with Gasteiger partial charge in [0.25, 0.3) is 0 Å². The zero-order chi connectivity index (χ0) is 10.7. The van der Waals surface area contributed by atoms with Crippen molar-refractivity contribution in [3.05, 3.63) is 34.3 Å². The van der Waals surface area contributed by atoms with Gasteiger partial charge in [0.05, 0.1) is 0 Å². The minimum atomic E-state index is 0.129. The predicted molar refractivity (Wildman–Crippen MR) is 64.6 cm³/mol. The fourth-order valence-electron chi connectivity index (χ4n) is 2.07. The smallest absolute Gasteiger partial charge is 0.0469 e. The van der Waals surface area contributed by atoms with Crippen LogP contribution in [0.15, 0.2) is 28.7 Å². The highest BCUT2D eigenvalue weighted by atomic mass is 79.9. The van der Waals surface area contributed by atoms with Crippen molar-refractivity contribution in [2.45, 2.75) is 18.9 Å². The first-order chi connectivity index (χ1) is 7.29. The summed E-state index contributed by atoms with van der Waals surface area (Å²) in [5.41, 5.74) is 7.50. The molecule has 2 rings (SSSR count). The monoisotopic (exact) mass is 269 g/mol. The first-order valence-corrected chi connectivity index (χ1v) is 6.16. The average Bonchev–Trinajstić information content (AvgIpc) is 2.30. The van der Waals surface area contributed by atoms with Crippen LogP contribution in [0.3, 0.4) is 0 Å². The van der Waals surface area contributed by atoms with Crippen LogP contribution in [0.2, 0.25) is 0 Å². The molecule has 2 N–H and O–H groups in total. The van der Waals surface area contributed by atoms with Gasteiger partial charge in [0.1, 0.15) is 0 Å². The molecule has 1 saturated heterocycles. The Morgan fingerprint density at radius 3 is 2.60 bits per heavy atom. The number of hydrogen-bond acceptors (Lipinski definition) is 2. The van der Waals surface area contributed by atoms with E-state index in [0.717, 1.165) is 30.5 Å². The van der Waals surface area contributed by atoms with Gasteiger partial charge in [-0.05, 0) is 30.4 Å². The van der Waals surface area contributed by atoms with Crippen molar-refractivity contribution in [3.63, 3.8) is 0 Å². The summed E-state index contributed by atoms with van der Waals surface area (Å²) in [5, 5.41) is 0. The van der Waals surface area contributed by atoms with Crippen molar-refractivity contribution in [2.75, 3.05) is 13.2 Å². The van der Waals surface area contributed by atoms with Crippen molar-refractivity contribution in [2.24, 2.45) is 11.7 Å². The highest BCUT2D eigenvalue weighted by molar-refractivity contribution is 9.10. The molecule has 1 aromatic rings. The van der Waals surface area contributed by atoms with Crippen LogP contribution in [0.5, 0.6) is 0 Å². The number of ether oxygens (including phenoxy) is 1. The van der Waals surface area contributed by atoms with Crippen LogP contribution < -0.4 is 5.73 Å². The van der Waals surface area contributed by atoms with Crippen LogP contribution in [0.25, 0.3) is 0 Å². The fourth-order valence-corrected chi connectivity index (χ4v) is 2.62. The molecular weight excluding hydrogens is 254 g/mol. The Balaban J connectivity index is 2.12. The second kappa shape index (κ2) is 5.10. The lowest BCUT2D eigenvalue weighted by Gasteiger charge is -2.28. The van der Waals surface area contributed by atoms with E-state index in [2.05, 4.69) is 28.1 Å². The van der Waals surface area contributed by atoms with E-state index in [4.69, 9.17) is 10.5 Å². The maximum Gasteiger partial charge on any atom is 0.0469 e. The molecule has 0 amide bonds. The van der Waals surface area contributed by atoms with Crippen LogP contribution in [-0.4, -0.2) is 13.2 Å². The van der Waals surface area contributed by atoms with Gasteiger partial charge < -0.3 is 10.5 Å². The van der Waals surface area contributed by atoms with E-state index in [1.165, 1.54) is 5.56 Å². The SMILES string of the molecule is NC(c1ccccc1Br)C1CCOCC1. The summed E-state index contributed by atoms with van der Waals surface area (Å²) in [6.07, 6.45) is 2.14. The summed E-state index contributed by atoms with van der Waals surface area (Å²) in [5.74, 6) is 0.553. The lowest BCUT2D eigenvalue weighted by Crippen LogP contribution is -2.27. The van der Waals surface area contributed by atoms with Crippen LogP contribution in [0.1, 0.15) is 24.4 Å². The van der Waals surface area contributed by atoms with E-state index in [1.807, 2.05) is 12.1 Å². The van der Waals surface area contributed by atoms with Crippen LogP contribution in [-0.2, 0) is 4.74 Å². The number of rotatable bonds is 2. The molecule has 3 heteroatoms. The van der Waals surface area contributed by atoms with Crippen molar-refractivity contribution >= 4 is 15.9 Å². The largest absolute Gasteiger partial charge is 0.381 e. The van der Waals surface area contributed by atoms with Crippen molar-refractivity contribution in [3.8, 4) is 0 Å². The van der Waals surface area contributed by atoms with Crippen molar-refractivity contribution in [1.29, 1.82) is 0 Å². The lowest BCUT2D eigenvalue weighted by atomic mass is 9.88. The molecule has 1 aliphatic heterocycles. The van der Waals surface area contributed by atoms with E-state index in [-0.39, 0.29) is 6.04 Å². The second-order valence-corrected chi connectivity index (χ2v) is 4.85. The number of benzene rings is 1. The molecule has 2 nitrogen and oxygen atoms in total. The normalized spacial score (nSPS) is 20.1. The molecule has 0 aliphatic carbocycles. The first-order valence-electron chi connectivity index (χ1n) is 5.37. The Bertz CT molecular complexity index is 323. The molecule has 82 valence electrons. The molecule has 1 atom stereocenters. The van der Waals surface area contributed by atoms with Gasteiger partial charge in [-0.2, -0.15) is 0 Å². The third-order valence-electron chi connectivity index (χ3n) is 3.04. The van der Waals surface area contributed by atoms with Crippen molar-refractivity contribution in [1.82, 2.24) is 0 Å². The number of halogens is 1. The summed E-state index contributed by atoms with van der Waals surface area (Å²) in [4.78, 5) is 0. The molecule has 0 spiro atoms. The van der Waals surface area contributed by atoms with Crippen LogP contribution >= 0.6 is 15.9 Å². The minimum Gasteiger partial charge on any atom is -0.381 e. The lowest BCUT2D eigenvalue weighted by molar-refractivity contribution is 0.0583. The Morgan fingerprint density at radius 2 is 1.93 bits per heavy atom. The standard InChI is InChI=1S/C12H16BrNO/c13-11-4-2-1-3-10(11)12(14)9-5-7-15-8-6-9/h1-4,9,12H,5-8,14H2. The summed E-state index contributed by atoms with van der Waals surface area (Å²) in [6.45, 7) is 1.70. The van der Waals surface area contributed by atoms with Gasteiger partial charge in [-0.3, -0.25) is 0 Å². The highest BCUT2D eigenvalue weighted by Gasteiger charge is 2.23. The molecule has 15 heavy (non-hydrogen) atoms. The van der Waals surface area contributed by atoms with Crippen molar-refractivity contribution < 1.29 is 4.74 Å². The summed E-state index contributed by atoms with van der Waals surface area (Å²) in [6, 6.07) is 8.34. The molecule has 0 saturated carbocycles. The van der Waals surface area contributed by atoms with E-state index in [1.54, 1.807) is 0 Å². The summed E-state index contributed by atoms with van der Waals surface area (Å²) < 4.78 is 6.46. The summed E-state index contributed by atoms with van der Waals surface area (Å²) in [7, 11) is 0. The van der Waals surface area contributed by atoms with Gasteiger partial charge in [-0.15, -0.1) is 0 Å². The fraction of sp³-hybridized carbons (Fsp3) is 0.500. The van der Waals surface area contributed by atoms with E-state index < -0.39 is 0 Å². The van der Waals surface area contributed by atoms with Gasteiger partial charge in [-0.25, -0.2) is 0 Å². The molecule has 1 fully saturated rings. The molecule has 0 radical (unpaired) electrons. The topological polar surface area (TPSA) is 35.2 Å². The van der Waals surface area contributed by atoms with E-state index in [0.29, 0.717) is 5.92 Å². The Hall–Kier alpha value is -0.380.